The second-order valence-electron chi connectivity index (χ2n) is 5.79. The van der Waals surface area contributed by atoms with Crippen LogP contribution in [0.1, 0.15) is 32.6 Å². The van der Waals surface area contributed by atoms with E-state index >= 15 is 0 Å². The van der Waals surface area contributed by atoms with Gasteiger partial charge in [-0.05, 0) is 65.2 Å². The van der Waals surface area contributed by atoms with Crippen LogP contribution in [-0.2, 0) is 0 Å². The molecule has 2 atom stereocenters. The summed E-state index contributed by atoms with van der Waals surface area (Å²) in [7, 11) is 2.23. The molecule has 0 bridgehead atoms. The highest BCUT2D eigenvalue weighted by atomic mass is 15.2. The molecule has 2 heterocycles. The lowest BCUT2D eigenvalue weighted by atomic mass is 9.90. The van der Waals surface area contributed by atoms with Gasteiger partial charge in [0.25, 0.3) is 0 Å². The van der Waals surface area contributed by atoms with Crippen molar-refractivity contribution in [3.63, 3.8) is 0 Å². The van der Waals surface area contributed by atoms with Crippen LogP contribution in [0.3, 0.4) is 0 Å². The first-order valence-electron chi connectivity index (χ1n) is 6.85. The number of likely N-dealkylation sites (tertiary alicyclic amines) is 2. The number of nitrogens with zero attached hydrogens (tertiary/aromatic N) is 2. The predicted molar refractivity (Wildman–Crippen MR) is 68.5 cm³/mol. The van der Waals surface area contributed by atoms with Crippen molar-refractivity contribution in [1.82, 2.24) is 9.80 Å². The molecule has 0 aromatic rings. The normalized spacial score (nSPS) is 32.8. The third-order valence-electron chi connectivity index (χ3n) is 4.44. The Bertz CT molecular complexity index is 209. The first-order valence-corrected chi connectivity index (χ1v) is 6.85. The van der Waals surface area contributed by atoms with Gasteiger partial charge in [0.05, 0.1) is 0 Å². The molecular weight excluding hydrogens is 198 g/mol. The van der Waals surface area contributed by atoms with E-state index in [0.717, 1.165) is 12.0 Å². The van der Waals surface area contributed by atoms with Crippen molar-refractivity contribution in [1.29, 1.82) is 0 Å². The van der Waals surface area contributed by atoms with E-state index < -0.39 is 0 Å². The van der Waals surface area contributed by atoms with E-state index in [9.17, 15) is 0 Å². The Hall–Kier alpha value is -0.120. The third kappa shape index (κ3) is 2.96. The Morgan fingerprint density at radius 2 is 1.81 bits per heavy atom. The Morgan fingerprint density at radius 3 is 2.44 bits per heavy atom. The number of piperidine rings is 2. The molecule has 0 aromatic carbocycles. The Kier molecular flexibility index (Phi) is 4.22. The average Bonchev–Trinajstić information content (AvgIpc) is 2.30. The average molecular weight is 225 g/mol. The van der Waals surface area contributed by atoms with Gasteiger partial charge in [0.1, 0.15) is 0 Å². The second-order valence-corrected chi connectivity index (χ2v) is 5.79. The third-order valence-corrected chi connectivity index (χ3v) is 4.44. The molecule has 2 N–H and O–H groups in total. The van der Waals surface area contributed by atoms with Crippen molar-refractivity contribution < 1.29 is 0 Å². The Morgan fingerprint density at radius 1 is 1.12 bits per heavy atom. The summed E-state index contributed by atoms with van der Waals surface area (Å²) >= 11 is 0. The van der Waals surface area contributed by atoms with Crippen LogP contribution in [0.2, 0.25) is 0 Å². The van der Waals surface area contributed by atoms with Crippen LogP contribution < -0.4 is 5.73 Å². The van der Waals surface area contributed by atoms with E-state index in [0.29, 0.717) is 6.04 Å². The van der Waals surface area contributed by atoms with E-state index in [-0.39, 0.29) is 0 Å². The molecule has 0 amide bonds. The van der Waals surface area contributed by atoms with E-state index in [1.54, 1.807) is 0 Å². The molecule has 2 rings (SSSR count). The molecule has 16 heavy (non-hydrogen) atoms. The van der Waals surface area contributed by atoms with E-state index in [2.05, 4.69) is 23.8 Å². The number of hydrogen-bond acceptors (Lipinski definition) is 3. The van der Waals surface area contributed by atoms with Gasteiger partial charge < -0.3 is 10.6 Å². The first-order chi connectivity index (χ1) is 7.66. The van der Waals surface area contributed by atoms with Crippen molar-refractivity contribution in [3.8, 4) is 0 Å². The number of rotatable bonds is 2. The monoisotopic (exact) mass is 225 g/mol. The molecule has 3 heteroatoms. The molecule has 0 saturated carbocycles. The highest BCUT2D eigenvalue weighted by molar-refractivity contribution is 4.85. The number of hydrogen-bond donors (Lipinski definition) is 1. The van der Waals surface area contributed by atoms with Crippen LogP contribution in [0.5, 0.6) is 0 Å². The van der Waals surface area contributed by atoms with Crippen molar-refractivity contribution in [2.45, 2.75) is 44.7 Å². The summed E-state index contributed by atoms with van der Waals surface area (Å²) in [4.78, 5) is 5.16. The Balaban J connectivity index is 1.84. The first kappa shape index (κ1) is 12.3. The molecular formula is C13H27N3. The van der Waals surface area contributed by atoms with Gasteiger partial charge in [-0.1, -0.05) is 0 Å². The minimum absolute atomic E-state index is 0.370. The molecule has 0 aromatic heterocycles. The maximum absolute atomic E-state index is 6.05. The van der Waals surface area contributed by atoms with Crippen LogP contribution in [0, 0.1) is 5.92 Å². The lowest BCUT2D eigenvalue weighted by Crippen LogP contribution is -2.50. The number of nitrogens with two attached hydrogens (primary N) is 1. The molecule has 2 fully saturated rings. The van der Waals surface area contributed by atoms with Gasteiger partial charge in [-0.3, -0.25) is 4.90 Å². The highest BCUT2D eigenvalue weighted by Gasteiger charge is 2.29. The highest BCUT2D eigenvalue weighted by Crippen LogP contribution is 2.24. The van der Waals surface area contributed by atoms with Gasteiger partial charge >= 0.3 is 0 Å². The SMILES string of the molecule is CC(N)C1CCCN(C2CCN(C)CC2)C1. The van der Waals surface area contributed by atoms with Crippen molar-refractivity contribution in [3.05, 3.63) is 0 Å². The zero-order valence-electron chi connectivity index (χ0n) is 10.9. The van der Waals surface area contributed by atoms with Gasteiger partial charge in [-0.25, -0.2) is 0 Å². The fourth-order valence-electron chi connectivity index (χ4n) is 3.16. The lowest BCUT2D eigenvalue weighted by Gasteiger charge is -2.42. The minimum Gasteiger partial charge on any atom is -0.328 e. The summed E-state index contributed by atoms with van der Waals surface area (Å²) in [5.74, 6) is 0.730. The van der Waals surface area contributed by atoms with Crippen LogP contribution in [0.4, 0.5) is 0 Å². The molecule has 3 nitrogen and oxygen atoms in total. The molecule has 0 spiro atoms. The molecule has 2 aliphatic rings. The zero-order chi connectivity index (χ0) is 11.5. The van der Waals surface area contributed by atoms with Gasteiger partial charge in [0, 0.05) is 18.6 Å². The smallest absolute Gasteiger partial charge is 0.0120 e. The summed E-state index contributed by atoms with van der Waals surface area (Å²) in [5, 5.41) is 0. The largest absolute Gasteiger partial charge is 0.328 e. The molecule has 0 aliphatic carbocycles. The molecule has 2 unspecified atom stereocenters. The van der Waals surface area contributed by atoms with Crippen molar-refractivity contribution >= 4 is 0 Å². The van der Waals surface area contributed by atoms with Crippen molar-refractivity contribution in [2.24, 2.45) is 11.7 Å². The molecule has 94 valence electrons. The van der Waals surface area contributed by atoms with Gasteiger partial charge in [0.15, 0.2) is 0 Å². The van der Waals surface area contributed by atoms with E-state index in [1.807, 2.05) is 0 Å². The maximum Gasteiger partial charge on any atom is 0.0120 e. The quantitative estimate of drug-likeness (QED) is 0.765. The predicted octanol–water partition coefficient (Wildman–Crippen LogP) is 1.14. The summed E-state index contributed by atoms with van der Waals surface area (Å²) in [5.41, 5.74) is 6.05. The van der Waals surface area contributed by atoms with Crippen LogP contribution >= 0.6 is 0 Å². The summed E-state index contributed by atoms with van der Waals surface area (Å²) in [6.45, 7) is 7.25. The van der Waals surface area contributed by atoms with E-state index in [4.69, 9.17) is 5.73 Å². The standard InChI is InChI=1S/C13H27N3/c1-11(14)12-4-3-7-16(10-12)13-5-8-15(2)9-6-13/h11-13H,3-10,14H2,1-2H3. The lowest BCUT2D eigenvalue weighted by molar-refractivity contribution is 0.0734. The van der Waals surface area contributed by atoms with Gasteiger partial charge in [-0.15, -0.1) is 0 Å². The topological polar surface area (TPSA) is 32.5 Å². The van der Waals surface area contributed by atoms with Crippen LogP contribution in [-0.4, -0.2) is 55.1 Å². The fourth-order valence-corrected chi connectivity index (χ4v) is 3.16. The maximum atomic E-state index is 6.05. The van der Waals surface area contributed by atoms with Crippen LogP contribution in [0.25, 0.3) is 0 Å². The summed E-state index contributed by atoms with van der Waals surface area (Å²) < 4.78 is 0. The second kappa shape index (κ2) is 5.48. The van der Waals surface area contributed by atoms with Crippen LogP contribution in [0.15, 0.2) is 0 Å². The molecule has 2 saturated heterocycles. The van der Waals surface area contributed by atoms with E-state index in [1.165, 1.54) is 51.9 Å². The zero-order valence-corrected chi connectivity index (χ0v) is 10.9. The van der Waals surface area contributed by atoms with Gasteiger partial charge in [0.2, 0.25) is 0 Å². The van der Waals surface area contributed by atoms with Gasteiger partial charge in [-0.2, -0.15) is 0 Å². The summed E-state index contributed by atoms with van der Waals surface area (Å²) in [6.07, 6.45) is 5.38. The summed E-state index contributed by atoms with van der Waals surface area (Å²) in [6, 6.07) is 1.20. The van der Waals surface area contributed by atoms with Crippen molar-refractivity contribution in [2.75, 3.05) is 33.2 Å². The minimum atomic E-state index is 0.370. The fraction of sp³-hybridized carbons (Fsp3) is 1.00. The molecule has 0 radical (unpaired) electrons. The molecule has 2 aliphatic heterocycles. The Labute approximate surface area is 100.0 Å².